The molecular formula is C34H39N3O3. The van der Waals surface area contributed by atoms with E-state index < -0.39 is 5.97 Å². The number of benzene rings is 3. The number of esters is 1. The molecule has 0 atom stereocenters. The first kappa shape index (κ1) is 28.8. The lowest BCUT2D eigenvalue weighted by Crippen LogP contribution is -2.34. The van der Waals surface area contributed by atoms with Gasteiger partial charge in [-0.15, -0.1) is 0 Å². The molecule has 0 saturated heterocycles. The van der Waals surface area contributed by atoms with Gasteiger partial charge >= 0.3 is 5.97 Å². The van der Waals surface area contributed by atoms with Gasteiger partial charge in [-0.3, -0.25) is 9.69 Å². The lowest BCUT2D eigenvalue weighted by atomic mass is 9.91. The molecule has 1 amide bonds. The van der Waals surface area contributed by atoms with Crippen LogP contribution in [0.2, 0.25) is 0 Å². The molecule has 1 N–H and O–H groups in total. The Kier molecular flexibility index (Phi) is 8.88. The van der Waals surface area contributed by atoms with Crippen LogP contribution >= 0.6 is 0 Å². The zero-order chi connectivity index (χ0) is 28.9. The van der Waals surface area contributed by atoms with Crippen LogP contribution in [-0.4, -0.2) is 30.5 Å². The SMILES string of the molecule is CC.COC(=O)c1ccc2c(N(Cc3ccc(-c4ccc5c(c4)CCN5)cc3)C(=O)CC(C)(C)C)nccc2c1. The average Bonchev–Trinajstić information content (AvgIpc) is 3.43. The van der Waals surface area contributed by atoms with Crippen LogP contribution in [0.15, 0.2) is 72.9 Å². The first-order valence-corrected chi connectivity index (χ1v) is 14.0. The number of rotatable bonds is 6. The summed E-state index contributed by atoms with van der Waals surface area (Å²) in [6.07, 6.45) is 3.11. The van der Waals surface area contributed by atoms with E-state index in [-0.39, 0.29) is 11.3 Å². The Morgan fingerprint density at radius 3 is 2.38 bits per heavy atom. The van der Waals surface area contributed by atoms with Crippen molar-refractivity contribution in [3.8, 4) is 11.1 Å². The van der Waals surface area contributed by atoms with Crippen LogP contribution in [0.25, 0.3) is 21.9 Å². The topological polar surface area (TPSA) is 71.5 Å². The zero-order valence-electron chi connectivity index (χ0n) is 24.4. The highest BCUT2D eigenvalue weighted by Gasteiger charge is 2.25. The van der Waals surface area contributed by atoms with Crippen LogP contribution in [0, 0.1) is 5.41 Å². The van der Waals surface area contributed by atoms with Crippen molar-refractivity contribution in [3.63, 3.8) is 0 Å². The second-order valence-corrected chi connectivity index (χ2v) is 11.0. The van der Waals surface area contributed by atoms with E-state index in [9.17, 15) is 9.59 Å². The van der Waals surface area contributed by atoms with Gasteiger partial charge in [-0.2, -0.15) is 0 Å². The Hall–Kier alpha value is -4.19. The molecule has 6 nitrogen and oxygen atoms in total. The number of pyridine rings is 1. The van der Waals surface area contributed by atoms with E-state index in [0.717, 1.165) is 34.9 Å². The minimum absolute atomic E-state index is 0.00439. The third-order valence-corrected chi connectivity index (χ3v) is 6.85. The minimum atomic E-state index is -0.398. The van der Waals surface area contributed by atoms with E-state index in [4.69, 9.17) is 4.74 Å². The van der Waals surface area contributed by atoms with E-state index in [2.05, 4.69) is 73.5 Å². The molecule has 5 rings (SSSR count). The third-order valence-electron chi connectivity index (χ3n) is 6.85. The number of hydrogen-bond donors (Lipinski definition) is 1. The van der Waals surface area contributed by atoms with Crippen LogP contribution in [0.4, 0.5) is 11.5 Å². The molecule has 0 radical (unpaired) electrons. The molecule has 6 heteroatoms. The maximum atomic E-state index is 13.6. The number of hydrogen-bond acceptors (Lipinski definition) is 5. The number of ether oxygens (including phenoxy) is 1. The van der Waals surface area contributed by atoms with Gasteiger partial charge in [0, 0.05) is 30.2 Å². The molecule has 1 aromatic heterocycles. The van der Waals surface area contributed by atoms with Gasteiger partial charge in [-0.05, 0) is 75.9 Å². The van der Waals surface area contributed by atoms with Crippen molar-refractivity contribution < 1.29 is 14.3 Å². The molecule has 0 aliphatic carbocycles. The van der Waals surface area contributed by atoms with Crippen LogP contribution < -0.4 is 10.2 Å². The summed E-state index contributed by atoms with van der Waals surface area (Å²) < 4.78 is 4.88. The fourth-order valence-electron chi connectivity index (χ4n) is 4.92. The Morgan fingerprint density at radius 1 is 0.950 bits per heavy atom. The van der Waals surface area contributed by atoms with Crippen LogP contribution in [-0.2, 0) is 22.5 Å². The number of methoxy groups -OCH3 is 1. The zero-order valence-corrected chi connectivity index (χ0v) is 24.4. The fraction of sp³-hybridized carbons (Fsp3) is 0.324. The predicted octanol–water partition coefficient (Wildman–Crippen LogP) is 7.65. The number of nitrogens with one attached hydrogen (secondary N) is 1. The number of fused-ring (bicyclic) bond motifs is 2. The second kappa shape index (κ2) is 12.3. The van der Waals surface area contributed by atoms with Crippen molar-refractivity contribution in [2.75, 3.05) is 23.9 Å². The molecule has 0 bridgehead atoms. The van der Waals surface area contributed by atoms with Gasteiger partial charge in [-0.25, -0.2) is 9.78 Å². The van der Waals surface area contributed by atoms with Gasteiger partial charge in [0.1, 0.15) is 5.82 Å². The molecular weight excluding hydrogens is 498 g/mol. The van der Waals surface area contributed by atoms with Gasteiger partial charge in [0.25, 0.3) is 0 Å². The largest absolute Gasteiger partial charge is 0.465 e. The van der Waals surface area contributed by atoms with E-state index >= 15 is 0 Å². The third kappa shape index (κ3) is 6.50. The molecule has 0 saturated carbocycles. The summed E-state index contributed by atoms with van der Waals surface area (Å²) in [5, 5.41) is 5.05. The van der Waals surface area contributed by atoms with Gasteiger partial charge in [0.15, 0.2) is 0 Å². The summed E-state index contributed by atoms with van der Waals surface area (Å²) in [5.41, 5.74) is 6.21. The Bertz CT molecular complexity index is 1500. The van der Waals surface area contributed by atoms with Crippen LogP contribution in [0.5, 0.6) is 0 Å². The average molecular weight is 538 g/mol. The molecule has 4 aromatic rings. The van der Waals surface area contributed by atoms with Gasteiger partial charge in [-0.1, -0.05) is 65.0 Å². The summed E-state index contributed by atoms with van der Waals surface area (Å²) in [5.74, 6) is 0.193. The molecule has 0 unspecified atom stereocenters. The first-order valence-electron chi connectivity index (χ1n) is 14.0. The number of carbonyl (C=O) groups excluding carboxylic acids is 2. The standard InChI is InChI=1S/C32H33N3O3.C2H6/c1-32(2,3)19-29(36)35(30-27-11-9-26(31(37)38-4)18-24(27)13-16-34-30)20-21-5-7-22(8-6-21)23-10-12-28-25(17-23)14-15-33-28;1-2/h5-13,16-18,33H,14-15,19-20H2,1-4H3;1-2H3. The van der Waals surface area contributed by atoms with Crippen molar-refractivity contribution in [1.82, 2.24) is 4.98 Å². The molecule has 40 heavy (non-hydrogen) atoms. The van der Waals surface area contributed by atoms with Gasteiger partial charge < -0.3 is 10.1 Å². The highest BCUT2D eigenvalue weighted by molar-refractivity contribution is 6.04. The number of aromatic nitrogens is 1. The smallest absolute Gasteiger partial charge is 0.337 e. The Balaban J connectivity index is 0.00000181. The van der Waals surface area contributed by atoms with Crippen molar-refractivity contribution in [2.45, 2.75) is 54.0 Å². The summed E-state index contributed by atoms with van der Waals surface area (Å²) in [4.78, 5) is 32.1. The second-order valence-electron chi connectivity index (χ2n) is 11.0. The fourth-order valence-corrected chi connectivity index (χ4v) is 4.92. The Labute approximate surface area is 237 Å². The molecule has 1 aliphatic heterocycles. The van der Waals surface area contributed by atoms with Crippen molar-refractivity contribution in [3.05, 3.63) is 89.6 Å². The minimum Gasteiger partial charge on any atom is -0.465 e. The first-order chi connectivity index (χ1) is 19.2. The van der Waals surface area contributed by atoms with Gasteiger partial charge in [0.05, 0.1) is 19.2 Å². The maximum absolute atomic E-state index is 13.6. The lowest BCUT2D eigenvalue weighted by molar-refractivity contribution is -0.120. The molecule has 0 fully saturated rings. The Morgan fingerprint density at radius 2 is 1.68 bits per heavy atom. The lowest BCUT2D eigenvalue weighted by Gasteiger charge is -2.27. The number of carbonyl (C=O) groups is 2. The van der Waals surface area contributed by atoms with E-state index in [1.165, 1.54) is 23.9 Å². The number of amides is 1. The molecule has 2 heterocycles. The predicted molar refractivity (Wildman–Crippen MR) is 164 cm³/mol. The number of anilines is 2. The van der Waals surface area contributed by atoms with E-state index in [1.807, 2.05) is 26.0 Å². The molecule has 208 valence electrons. The van der Waals surface area contributed by atoms with Crippen molar-refractivity contribution >= 4 is 34.2 Å². The van der Waals surface area contributed by atoms with E-state index in [1.54, 1.807) is 23.2 Å². The van der Waals surface area contributed by atoms with Gasteiger partial charge in [0.2, 0.25) is 5.91 Å². The molecule has 0 spiro atoms. The van der Waals surface area contributed by atoms with E-state index in [0.29, 0.717) is 24.3 Å². The summed E-state index contributed by atoms with van der Waals surface area (Å²) in [7, 11) is 1.37. The summed E-state index contributed by atoms with van der Waals surface area (Å²) >= 11 is 0. The van der Waals surface area contributed by atoms with Crippen LogP contribution in [0.1, 0.15) is 62.5 Å². The highest BCUT2D eigenvalue weighted by atomic mass is 16.5. The number of nitrogens with zero attached hydrogens (tertiary/aromatic N) is 2. The summed E-state index contributed by atoms with van der Waals surface area (Å²) in [6.45, 7) is 11.6. The quantitative estimate of drug-likeness (QED) is 0.256. The highest BCUT2D eigenvalue weighted by Crippen LogP contribution is 2.31. The van der Waals surface area contributed by atoms with Crippen molar-refractivity contribution in [1.29, 1.82) is 0 Å². The molecule has 1 aliphatic rings. The van der Waals surface area contributed by atoms with Crippen LogP contribution in [0.3, 0.4) is 0 Å². The van der Waals surface area contributed by atoms with Crippen molar-refractivity contribution in [2.24, 2.45) is 5.41 Å². The normalized spacial score (nSPS) is 12.2. The molecule has 3 aromatic carbocycles. The summed E-state index contributed by atoms with van der Waals surface area (Å²) in [6, 6.07) is 22.1. The maximum Gasteiger partial charge on any atom is 0.337 e. The monoisotopic (exact) mass is 537 g/mol.